The molecule has 2 N–H and O–H groups in total. The molecule has 0 atom stereocenters. The van der Waals surface area contributed by atoms with Crippen molar-refractivity contribution in [3.8, 4) is 0 Å². The standard InChI is InChI=1S/C11H21ClN2O2S/c1-6-8-10(9(12)7-2)17(15,16)14-13-11(3,4)5/h7-8,13-14H,6H2,1-5H3/b9-7+,10-8+. The van der Waals surface area contributed by atoms with Crippen LogP contribution in [0.3, 0.4) is 0 Å². The first-order valence-corrected chi connectivity index (χ1v) is 7.31. The number of allylic oxidation sites excluding steroid dienone is 3. The molecule has 0 aliphatic heterocycles. The van der Waals surface area contributed by atoms with Gasteiger partial charge >= 0.3 is 0 Å². The molecule has 0 amide bonds. The van der Waals surface area contributed by atoms with E-state index in [1.165, 1.54) is 0 Å². The molecular weight excluding hydrogens is 260 g/mol. The lowest BCUT2D eigenvalue weighted by molar-refractivity contribution is 0.403. The molecule has 0 aromatic rings. The van der Waals surface area contributed by atoms with Gasteiger partial charge in [0.25, 0.3) is 10.0 Å². The summed E-state index contributed by atoms with van der Waals surface area (Å²) < 4.78 is 24.0. The van der Waals surface area contributed by atoms with Crippen LogP contribution < -0.4 is 10.3 Å². The van der Waals surface area contributed by atoms with Gasteiger partial charge in [-0.15, -0.1) is 4.83 Å². The van der Waals surface area contributed by atoms with E-state index in [0.717, 1.165) is 0 Å². The Balaban J connectivity index is 5.08. The molecule has 17 heavy (non-hydrogen) atoms. The lowest BCUT2D eigenvalue weighted by Gasteiger charge is -2.21. The van der Waals surface area contributed by atoms with Gasteiger partial charge in [-0.1, -0.05) is 30.7 Å². The lowest BCUT2D eigenvalue weighted by Crippen LogP contribution is -2.49. The fraction of sp³-hybridized carbons (Fsp3) is 0.636. The Kier molecular flexibility index (Phi) is 6.40. The van der Waals surface area contributed by atoms with Gasteiger partial charge in [0, 0.05) is 5.54 Å². The minimum Gasteiger partial charge on any atom is -0.239 e. The van der Waals surface area contributed by atoms with E-state index >= 15 is 0 Å². The summed E-state index contributed by atoms with van der Waals surface area (Å²) in [5, 5.41) is 0.218. The van der Waals surface area contributed by atoms with Crippen molar-refractivity contribution in [2.45, 2.75) is 46.6 Å². The highest BCUT2D eigenvalue weighted by Gasteiger charge is 2.21. The summed E-state index contributed by atoms with van der Waals surface area (Å²) in [4.78, 5) is 2.43. The summed E-state index contributed by atoms with van der Waals surface area (Å²) in [6.07, 6.45) is 3.73. The summed E-state index contributed by atoms with van der Waals surface area (Å²) in [6, 6.07) is 0. The molecule has 0 spiro atoms. The first-order chi connectivity index (χ1) is 7.64. The quantitative estimate of drug-likeness (QED) is 0.601. The fourth-order valence-corrected chi connectivity index (χ4v) is 2.63. The van der Waals surface area contributed by atoms with E-state index in [1.807, 2.05) is 27.7 Å². The number of nitrogens with one attached hydrogen (secondary N) is 2. The lowest BCUT2D eigenvalue weighted by atomic mass is 10.1. The van der Waals surface area contributed by atoms with E-state index in [0.29, 0.717) is 6.42 Å². The highest BCUT2D eigenvalue weighted by atomic mass is 35.5. The summed E-state index contributed by atoms with van der Waals surface area (Å²) >= 11 is 5.89. The Hall–Kier alpha value is -0.360. The molecular formula is C11H21ClN2O2S. The molecule has 0 aromatic heterocycles. The average Bonchev–Trinajstić information content (AvgIpc) is 2.21. The van der Waals surface area contributed by atoms with Gasteiger partial charge in [-0.25, -0.2) is 13.8 Å². The molecule has 6 heteroatoms. The van der Waals surface area contributed by atoms with Crippen molar-refractivity contribution >= 4 is 21.6 Å². The zero-order chi connectivity index (χ0) is 13.7. The number of hydrogen-bond donors (Lipinski definition) is 2. The van der Waals surface area contributed by atoms with Crippen LogP contribution in [-0.2, 0) is 10.0 Å². The van der Waals surface area contributed by atoms with Crippen molar-refractivity contribution in [1.29, 1.82) is 0 Å². The van der Waals surface area contributed by atoms with E-state index < -0.39 is 10.0 Å². The van der Waals surface area contributed by atoms with Crippen LogP contribution in [0.25, 0.3) is 0 Å². The Morgan fingerprint density at radius 3 is 2.24 bits per heavy atom. The SMILES string of the molecule is C/C=C(Cl)\C(=C/CC)S(=O)(=O)NNC(C)(C)C. The van der Waals surface area contributed by atoms with Gasteiger partial charge in [0.2, 0.25) is 0 Å². The van der Waals surface area contributed by atoms with Crippen LogP contribution in [0.1, 0.15) is 41.0 Å². The Morgan fingerprint density at radius 1 is 1.35 bits per heavy atom. The first-order valence-electron chi connectivity index (χ1n) is 5.45. The minimum atomic E-state index is -3.63. The largest absolute Gasteiger partial charge is 0.254 e. The molecule has 0 saturated heterocycles. The first kappa shape index (κ1) is 16.6. The van der Waals surface area contributed by atoms with E-state index in [9.17, 15) is 8.42 Å². The van der Waals surface area contributed by atoms with Gasteiger partial charge in [0.05, 0.1) is 9.94 Å². The second-order valence-corrected chi connectivity index (χ2v) is 6.65. The minimum absolute atomic E-state index is 0.0981. The summed E-state index contributed by atoms with van der Waals surface area (Å²) in [5.74, 6) is 0. The number of sulfonamides is 1. The van der Waals surface area contributed by atoms with Crippen molar-refractivity contribution in [2.75, 3.05) is 0 Å². The average molecular weight is 281 g/mol. The zero-order valence-corrected chi connectivity index (χ0v) is 12.5. The third kappa shape index (κ3) is 6.21. The molecule has 0 fully saturated rings. The molecule has 4 nitrogen and oxygen atoms in total. The van der Waals surface area contributed by atoms with Crippen LogP contribution in [0.15, 0.2) is 22.1 Å². The Labute approximate surface area is 109 Å². The van der Waals surface area contributed by atoms with Crippen LogP contribution in [0.5, 0.6) is 0 Å². The molecule has 0 aromatic carbocycles. The molecule has 0 heterocycles. The molecule has 100 valence electrons. The maximum absolute atomic E-state index is 12.0. The molecule has 0 unspecified atom stereocenters. The van der Waals surface area contributed by atoms with Gasteiger partial charge in [-0.2, -0.15) is 0 Å². The number of halogens is 1. The summed E-state index contributed by atoms with van der Waals surface area (Å²) in [6.45, 7) is 9.12. The Bertz CT molecular complexity index is 406. The van der Waals surface area contributed by atoms with Crippen molar-refractivity contribution < 1.29 is 8.42 Å². The number of hydrazine groups is 1. The van der Waals surface area contributed by atoms with Gasteiger partial charge in [0.1, 0.15) is 0 Å². The Morgan fingerprint density at radius 2 is 1.88 bits per heavy atom. The monoisotopic (exact) mass is 280 g/mol. The molecule has 0 rings (SSSR count). The van der Waals surface area contributed by atoms with Gasteiger partial charge in [-0.05, 0) is 34.1 Å². The zero-order valence-electron chi connectivity index (χ0n) is 11.0. The highest BCUT2D eigenvalue weighted by Crippen LogP contribution is 2.20. The van der Waals surface area contributed by atoms with Gasteiger partial charge < -0.3 is 0 Å². The van der Waals surface area contributed by atoms with E-state index in [4.69, 9.17) is 11.6 Å². The predicted molar refractivity (Wildman–Crippen MR) is 72.9 cm³/mol. The maximum atomic E-state index is 12.0. The van der Waals surface area contributed by atoms with Crippen LogP contribution in [0.2, 0.25) is 0 Å². The third-order valence-electron chi connectivity index (χ3n) is 1.73. The van der Waals surface area contributed by atoms with Crippen LogP contribution >= 0.6 is 11.6 Å². The molecule has 0 aliphatic carbocycles. The second kappa shape index (κ2) is 6.54. The van der Waals surface area contributed by atoms with Crippen molar-refractivity contribution in [1.82, 2.24) is 10.3 Å². The third-order valence-corrected chi connectivity index (χ3v) is 3.60. The normalized spacial score (nSPS) is 15.2. The number of rotatable bonds is 5. The topological polar surface area (TPSA) is 58.2 Å². The molecule has 0 saturated carbocycles. The van der Waals surface area contributed by atoms with E-state index in [-0.39, 0.29) is 15.5 Å². The van der Waals surface area contributed by atoms with E-state index in [2.05, 4.69) is 10.3 Å². The molecule has 0 radical (unpaired) electrons. The van der Waals surface area contributed by atoms with Gasteiger partial charge in [-0.3, -0.25) is 0 Å². The summed E-state index contributed by atoms with van der Waals surface area (Å²) in [5.41, 5.74) is 2.36. The molecule has 0 bridgehead atoms. The highest BCUT2D eigenvalue weighted by molar-refractivity contribution is 7.93. The van der Waals surface area contributed by atoms with Crippen molar-refractivity contribution in [2.24, 2.45) is 0 Å². The van der Waals surface area contributed by atoms with Crippen LogP contribution in [-0.4, -0.2) is 14.0 Å². The predicted octanol–water partition coefficient (Wildman–Crippen LogP) is 2.65. The maximum Gasteiger partial charge on any atom is 0.254 e. The second-order valence-electron chi connectivity index (χ2n) is 4.59. The van der Waals surface area contributed by atoms with Crippen molar-refractivity contribution in [3.63, 3.8) is 0 Å². The number of hydrogen-bond acceptors (Lipinski definition) is 3. The van der Waals surface area contributed by atoms with Gasteiger partial charge in [0.15, 0.2) is 0 Å². The summed E-state index contributed by atoms with van der Waals surface area (Å²) in [7, 11) is -3.63. The van der Waals surface area contributed by atoms with Crippen molar-refractivity contribution in [3.05, 3.63) is 22.1 Å². The van der Waals surface area contributed by atoms with E-state index in [1.54, 1.807) is 19.1 Å². The smallest absolute Gasteiger partial charge is 0.239 e. The van der Waals surface area contributed by atoms with Crippen LogP contribution in [0, 0.1) is 0 Å². The fourth-order valence-electron chi connectivity index (χ4n) is 0.938. The molecule has 0 aliphatic rings. The van der Waals surface area contributed by atoms with Crippen LogP contribution in [0.4, 0.5) is 0 Å².